The quantitative estimate of drug-likeness (QED) is 0.538. The predicted octanol–water partition coefficient (Wildman–Crippen LogP) is 0.986. The van der Waals surface area contributed by atoms with E-state index >= 15 is 0 Å². The molecule has 0 atom stereocenters. The summed E-state index contributed by atoms with van der Waals surface area (Å²) in [4.78, 5) is 17.5. The molecule has 0 saturated heterocycles. The van der Waals surface area contributed by atoms with Crippen molar-refractivity contribution in [3.8, 4) is 0 Å². The second-order valence-corrected chi connectivity index (χ2v) is 2.06. The zero-order valence-corrected chi connectivity index (χ0v) is 6.78. The van der Waals surface area contributed by atoms with Crippen LogP contribution < -0.4 is 0 Å². The lowest BCUT2D eigenvalue weighted by molar-refractivity contribution is -0.137. The summed E-state index contributed by atoms with van der Waals surface area (Å²) in [6.07, 6.45) is 6.20. The largest absolute Gasteiger partial charge is 0.463 e. The van der Waals surface area contributed by atoms with Crippen LogP contribution in [0.2, 0.25) is 0 Å². The molecule has 64 valence electrons. The summed E-state index contributed by atoms with van der Waals surface area (Å²) in [7, 11) is 0. The van der Waals surface area contributed by atoms with Crippen molar-refractivity contribution in [3.05, 3.63) is 24.3 Å². The average molecular weight is 166 g/mol. The molecule has 0 aliphatic carbocycles. The van der Waals surface area contributed by atoms with E-state index in [1.807, 2.05) is 0 Å². The van der Waals surface area contributed by atoms with E-state index in [1.54, 1.807) is 25.4 Å². The van der Waals surface area contributed by atoms with Gasteiger partial charge in [0.2, 0.25) is 0 Å². The Balaban J connectivity index is 2.45. The number of rotatable bonds is 3. The molecule has 4 heteroatoms. The van der Waals surface area contributed by atoms with Gasteiger partial charge < -0.3 is 9.72 Å². The lowest BCUT2D eigenvalue weighted by Gasteiger charge is -1.92. The summed E-state index contributed by atoms with van der Waals surface area (Å²) in [6, 6.07) is 0. The van der Waals surface area contributed by atoms with Crippen molar-refractivity contribution < 1.29 is 9.53 Å². The third-order valence-electron chi connectivity index (χ3n) is 1.18. The van der Waals surface area contributed by atoms with Gasteiger partial charge in [0.25, 0.3) is 0 Å². The number of nitrogens with one attached hydrogen (secondary N) is 1. The summed E-state index contributed by atoms with van der Waals surface area (Å²) < 4.78 is 4.67. The Bertz CT molecular complexity index is 265. The Morgan fingerprint density at radius 2 is 2.67 bits per heavy atom. The third-order valence-corrected chi connectivity index (χ3v) is 1.18. The lowest BCUT2D eigenvalue weighted by Crippen LogP contribution is -1.98. The molecule has 1 rings (SSSR count). The number of H-pyrrole nitrogens is 1. The molecule has 12 heavy (non-hydrogen) atoms. The second-order valence-electron chi connectivity index (χ2n) is 2.06. The summed E-state index contributed by atoms with van der Waals surface area (Å²) in [5, 5.41) is 0. The van der Waals surface area contributed by atoms with Crippen LogP contribution in [-0.2, 0) is 9.53 Å². The van der Waals surface area contributed by atoms with Crippen LogP contribution in [0.25, 0.3) is 6.08 Å². The first kappa shape index (κ1) is 8.52. The highest BCUT2D eigenvalue weighted by Crippen LogP contribution is 1.92. The Labute approximate surface area is 70.3 Å². The van der Waals surface area contributed by atoms with Gasteiger partial charge in [-0.15, -0.1) is 0 Å². The molecule has 0 fully saturated rings. The van der Waals surface area contributed by atoms with Crippen LogP contribution in [-0.4, -0.2) is 22.5 Å². The fourth-order valence-electron chi connectivity index (χ4n) is 0.706. The van der Waals surface area contributed by atoms with E-state index in [2.05, 4.69) is 14.7 Å². The molecule has 1 aromatic heterocycles. The molecule has 0 spiro atoms. The maximum atomic E-state index is 10.8. The van der Waals surface area contributed by atoms with Crippen molar-refractivity contribution in [1.29, 1.82) is 0 Å². The van der Waals surface area contributed by atoms with E-state index in [0.717, 1.165) is 0 Å². The minimum atomic E-state index is -0.353. The van der Waals surface area contributed by atoms with E-state index in [0.29, 0.717) is 12.4 Å². The van der Waals surface area contributed by atoms with Crippen molar-refractivity contribution in [2.45, 2.75) is 6.92 Å². The van der Waals surface area contributed by atoms with Gasteiger partial charge in [-0.3, -0.25) is 0 Å². The van der Waals surface area contributed by atoms with E-state index in [-0.39, 0.29) is 5.97 Å². The minimum absolute atomic E-state index is 0.353. The number of imidazole rings is 1. The molecule has 0 amide bonds. The van der Waals surface area contributed by atoms with Crippen LogP contribution in [0.3, 0.4) is 0 Å². The molecule has 0 saturated carbocycles. The average Bonchev–Trinajstić information content (AvgIpc) is 2.53. The Hall–Kier alpha value is -1.58. The van der Waals surface area contributed by atoms with Gasteiger partial charge >= 0.3 is 5.97 Å². The smallest absolute Gasteiger partial charge is 0.330 e. The Morgan fingerprint density at radius 3 is 3.25 bits per heavy atom. The van der Waals surface area contributed by atoms with Gasteiger partial charge in [-0.05, 0) is 13.0 Å². The van der Waals surface area contributed by atoms with Gasteiger partial charge in [-0.1, -0.05) is 0 Å². The van der Waals surface area contributed by atoms with E-state index < -0.39 is 0 Å². The summed E-state index contributed by atoms with van der Waals surface area (Å²) in [6.45, 7) is 2.15. The van der Waals surface area contributed by atoms with Gasteiger partial charge in [-0.2, -0.15) is 0 Å². The summed E-state index contributed by atoms with van der Waals surface area (Å²) in [5.74, 6) is 0.289. The molecule has 0 aliphatic rings. The lowest BCUT2D eigenvalue weighted by atomic mass is 10.5. The molecule has 1 heterocycles. The van der Waals surface area contributed by atoms with Crippen molar-refractivity contribution in [2.75, 3.05) is 6.61 Å². The van der Waals surface area contributed by atoms with Crippen molar-refractivity contribution in [3.63, 3.8) is 0 Å². The monoisotopic (exact) mass is 166 g/mol. The van der Waals surface area contributed by atoms with E-state index in [9.17, 15) is 4.79 Å². The fourth-order valence-corrected chi connectivity index (χ4v) is 0.706. The first-order valence-corrected chi connectivity index (χ1v) is 3.67. The number of aromatic nitrogens is 2. The molecule has 0 unspecified atom stereocenters. The van der Waals surface area contributed by atoms with Crippen molar-refractivity contribution >= 4 is 12.0 Å². The molecule has 4 nitrogen and oxygen atoms in total. The number of ether oxygens (including phenoxy) is 1. The van der Waals surface area contributed by atoms with Crippen LogP contribution in [0, 0.1) is 0 Å². The van der Waals surface area contributed by atoms with Gasteiger partial charge in [0, 0.05) is 18.5 Å². The maximum absolute atomic E-state index is 10.8. The number of hydrogen-bond donors (Lipinski definition) is 1. The van der Waals surface area contributed by atoms with E-state index in [4.69, 9.17) is 0 Å². The minimum Gasteiger partial charge on any atom is -0.463 e. The number of esters is 1. The standard InChI is InChI=1S/C8H10N2O2/c1-2-12-8(11)4-3-7-9-5-6-10-7/h3-6H,2H2,1H3,(H,9,10)/b4-3+. The SMILES string of the molecule is CCOC(=O)/C=C/c1ncc[nH]1. The maximum Gasteiger partial charge on any atom is 0.330 e. The molecular weight excluding hydrogens is 156 g/mol. The number of aromatic amines is 1. The number of hydrogen-bond acceptors (Lipinski definition) is 3. The first-order valence-electron chi connectivity index (χ1n) is 3.67. The van der Waals surface area contributed by atoms with Crippen molar-refractivity contribution in [2.24, 2.45) is 0 Å². The molecule has 1 aromatic rings. The molecule has 0 aromatic carbocycles. The molecule has 0 radical (unpaired) electrons. The Kier molecular flexibility index (Phi) is 3.07. The highest BCUT2D eigenvalue weighted by atomic mass is 16.5. The highest BCUT2D eigenvalue weighted by Gasteiger charge is 1.93. The Morgan fingerprint density at radius 1 is 1.83 bits per heavy atom. The van der Waals surface area contributed by atoms with Gasteiger partial charge in [-0.25, -0.2) is 9.78 Å². The van der Waals surface area contributed by atoms with Gasteiger partial charge in [0.15, 0.2) is 0 Å². The summed E-state index contributed by atoms with van der Waals surface area (Å²) >= 11 is 0. The molecule has 0 bridgehead atoms. The third kappa shape index (κ3) is 2.57. The van der Waals surface area contributed by atoms with Crippen LogP contribution in [0.1, 0.15) is 12.7 Å². The van der Waals surface area contributed by atoms with E-state index in [1.165, 1.54) is 6.08 Å². The van der Waals surface area contributed by atoms with Gasteiger partial charge in [0.1, 0.15) is 5.82 Å². The molecular formula is C8H10N2O2. The van der Waals surface area contributed by atoms with Crippen molar-refractivity contribution in [1.82, 2.24) is 9.97 Å². The van der Waals surface area contributed by atoms with Crippen LogP contribution in [0.4, 0.5) is 0 Å². The number of nitrogens with zero attached hydrogens (tertiary/aromatic N) is 1. The number of carbonyl (C=O) groups excluding carboxylic acids is 1. The van der Waals surface area contributed by atoms with Gasteiger partial charge in [0.05, 0.1) is 6.61 Å². The number of carbonyl (C=O) groups is 1. The van der Waals surface area contributed by atoms with Crippen LogP contribution in [0.5, 0.6) is 0 Å². The summed E-state index contributed by atoms with van der Waals surface area (Å²) in [5.41, 5.74) is 0. The highest BCUT2D eigenvalue weighted by molar-refractivity contribution is 5.86. The zero-order chi connectivity index (χ0) is 8.81. The topological polar surface area (TPSA) is 55.0 Å². The fraction of sp³-hybridized carbons (Fsp3) is 0.250. The zero-order valence-electron chi connectivity index (χ0n) is 6.78. The molecule has 0 aliphatic heterocycles. The second kappa shape index (κ2) is 4.33. The first-order chi connectivity index (χ1) is 5.83. The van der Waals surface area contributed by atoms with Crippen LogP contribution in [0.15, 0.2) is 18.5 Å². The molecule has 1 N–H and O–H groups in total. The normalized spacial score (nSPS) is 10.4. The van der Waals surface area contributed by atoms with Crippen LogP contribution >= 0.6 is 0 Å². The predicted molar refractivity (Wildman–Crippen MR) is 44.3 cm³/mol.